The summed E-state index contributed by atoms with van der Waals surface area (Å²) in [5.74, 6) is -1.24. The Hall–Kier alpha value is -3.65. The maximum Gasteiger partial charge on any atom is 0.338 e. The Labute approximate surface area is 213 Å². The molecule has 2 heterocycles. The lowest BCUT2D eigenvalue weighted by molar-refractivity contribution is -0.123. The number of benzene rings is 2. The predicted molar refractivity (Wildman–Crippen MR) is 138 cm³/mol. The largest absolute Gasteiger partial charge is 0.462 e. The molecule has 0 unspecified atom stereocenters. The molecule has 2 aromatic carbocycles. The first-order chi connectivity index (χ1) is 17.3. The topological polar surface area (TPSA) is 68.6 Å². The molecular weight excluding hydrogens is 479 g/mol. The van der Waals surface area contributed by atoms with Gasteiger partial charge in [-0.2, -0.15) is 0 Å². The van der Waals surface area contributed by atoms with E-state index in [9.17, 15) is 18.8 Å². The zero-order chi connectivity index (χ0) is 25.8. The van der Waals surface area contributed by atoms with Crippen molar-refractivity contribution in [2.45, 2.75) is 40.2 Å². The SMILES string of the molecule is CCCCOC(=O)c1ccc(-n2c(C)cc(/C=C3\SC(=O)N(Cc4ccccc4F)C3=O)c2C)cc1. The van der Waals surface area contributed by atoms with Gasteiger partial charge in [-0.3, -0.25) is 14.5 Å². The molecular formula is C28H27FN2O4S. The van der Waals surface area contributed by atoms with E-state index < -0.39 is 17.0 Å². The van der Waals surface area contributed by atoms with Crippen molar-refractivity contribution in [1.82, 2.24) is 9.47 Å². The van der Waals surface area contributed by atoms with E-state index in [1.807, 2.05) is 43.5 Å². The van der Waals surface area contributed by atoms with Gasteiger partial charge in [-0.25, -0.2) is 9.18 Å². The number of amides is 2. The summed E-state index contributed by atoms with van der Waals surface area (Å²) >= 11 is 0.850. The zero-order valence-electron chi connectivity index (χ0n) is 20.4. The second-order valence-corrected chi connectivity index (χ2v) is 9.55. The normalized spacial score (nSPS) is 14.7. The summed E-state index contributed by atoms with van der Waals surface area (Å²) in [6.45, 7) is 6.20. The van der Waals surface area contributed by atoms with Crippen LogP contribution in [0.15, 0.2) is 59.5 Å². The molecule has 3 aromatic rings. The van der Waals surface area contributed by atoms with Crippen LogP contribution in [0.1, 0.15) is 52.6 Å². The quantitative estimate of drug-likeness (QED) is 0.200. The molecule has 0 atom stereocenters. The van der Waals surface area contributed by atoms with Crippen LogP contribution in [0.3, 0.4) is 0 Å². The number of hydrogen-bond donors (Lipinski definition) is 0. The van der Waals surface area contributed by atoms with Crippen molar-refractivity contribution in [3.63, 3.8) is 0 Å². The summed E-state index contributed by atoms with van der Waals surface area (Å²) in [5.41, 5.74) is 4.25. The third-order valence-electron chi connectivity index (χ3n) is 6.01. The van der Waals surface area contributed by atoms with Gasteiger partial charge in [0.2, 0.25) is 0 Å². The van der Waals surface area contributed by atoms with E-state index in [2.05, 4.69) is 0 Å². The van der Waals surface area contributed by atoms with Crippen molar-refractivity contribution < 1.29 is 23.5 Å². The highest BCUT2D eigenvalue weighted by Gasteiger charge is 2.35. The summed E-state index contributed by atoms with van der Waals surface area (Å²) in [7, 11) is 0. The van der Waals surface area contributed by atoms with Crippen molar-refractivity contribution in [3.05, 3.63) is 93.4 Å². The van der Waals surface area contributed by atoms with Crippen LogP contribution in [0.2, 0.25) is 0 Å². The minimum atomic E-state index is -0.454. The van der Waals surface area contributed by atoms with Crippen LogP contribution in [0.4, 0.5) is 9.18 Å². The van der Waals surface area contributed by atoms with E-state index in [4.69, 9.17) is 4.74 Å². The Balaban J connectivity index is 1.54. The molecule has 0 spiro atoms. The molecule has 2 amide bonds. The van der Waals surface area contributed by atoms with Crippen molar-refractivity contribution in [3.8, 4) is 5.69 Å². The number of carbonyl (C=O) groups is 3. The Morgan fingerprint density at radius 2 is 1.81 bits per heavy atom. The summed E-state index contributed by atoms with van der Waals surface area (Å²) in [5, 5.41) is -0.426. The molecule has 0 radical (unpaired) electrons. The van der Waals surface area contributed by atoms with E-state index in [-0.39, 0.29) is 18.1 Å². The molecule has 0 N–H and O–H groups in total. The van der Waals surface area contributed by atoms with Crippen LogP contribution >= 0.6 is 11.8 Å². The minimum absolute atomic E-state index is 0.110. The average molecular weight is 507 g/mol. The molecule has 0 aliphatic carbocycles. The summed E-state index contributed by atoms with van der Waals surface area (Å²) in [6, 6.07) is 15.2. The average Bonchev–Trinajstić information content (AvgIpc) is 3.29. The number of thioether (sulfide) groups is 1. The monoisotopic (exact) mass is 506 g/mol. The number of ether oxygens (including phenoxy) is 1. The van der Waals surface area contributed by atoms with Gasteiger partial charge in [0.1, 0.15) is 5.82 Å². The lowest BCUT2D eigenvalue weighted by atomic mass is 10.2. The van der Waals surface area contributed by atoms with Crippen molar-refractivity contribution in [2.24, 2.45) is 0 Å². The number of rotatable bonds is 8. The maximum atomic E-state index is 14.0. The van der Waals surface area contributed by atoms with Crippen molar-refractivity contribution in [1.29, 1.82) is 0 Å². The number of aryl methyl sites for hydroxylation is 1. The number of unbranched alkanes of at least 4 members (excludes halogenated alkanes) is 1. The van der Waals surface area contributed by atoms with Crippen LogP contribution < -0.4 is 0 Å². The molecule has 6 nitrogen and oxygen atoms in total. The van der Waals surface area contributed by atoms with E-state index in [1.54, 1.807) is 36.4 Å². The van der Waals surface area contributed by atoms with Crippen molar-refractivity contribution >= 4 is 35.0 Å². The Morgan fingerprint density at radius 1 is 1.08 bits per heavy atom. The fraction of sp³-hybridized carbons (Fsp3) is 0.250. The van der Waals surface area contributed by atoms with Gasteiger partial charge in [0.25, 0.3) is 11.1 Å². The molecule has 1 aliphatic heterocycles. The zero-order valence-corrected chi connectivity index (χ0v) is 21.2. The number of aromatic nitrogens is 1. The van der Waals surface area contributed by atoms with Crippen LogP contribution in [0.25, 0.3) is 11.8 Å². The molecule has 1 aliphatic rings. The molecule has 0 saturated carbocycles. The van der Waals surface area contributed by atoms with Gasteiger partial charge < -0.3 is 9.30 Å². The molecule has 186 valence electrons. The van der Waals surface area contributed by atoms with Crippen LogP contribution in [-0.2, 0) is 16.1 Å². The Kier molecular flexibility index (Phi) is 7.74. The van der Waals surface area contributed by atoms with Crippen LogP contribution in [-0.4, -0.2) is 33.2 Å². The number of carbonyl (C=O) groups excluding carboxylic acids is 3. The number of imide groups is 1. The first-order valence-corrected chi connectivity index (χ1v) is 12.6. The number of hydrogen-bond acceptors (Lipinski definition) is 5. The highest BCUT2D eigenvalue weighted by Crippen LogP contribution is 2.35. The fourth-order valence-electron chi connectivity index (χ4n) is 4.04. The third-order valence-corrected chi connectivity index (χ3v) is 6.92. The van der Waals surface area contributed by atoms with Gasteiger partial charge in [0, 0.05) is 22.6 Å². The number of halogens is 1. The highest BCUT2D eigenvalue weighted by atomic mass is 32.2. The van der Waals surface area contributed by atoms with Crippen LogP contribution in [0, 0.1) is 19.7 Å². The fourth-order valence-corrected chi connectivity index (χ4v) is 4.87. The first-order valence-electron chi connectivity index (χ1n) is 11.8. The minimum Gasteiger partial charge on any atom is -0.462 e. The summed E-state index contributed by atoms with van der Waals surface area (Å²) < 4.78 is 21.3. The third kappa shape index (κ3) is 5.28. The lowest BCUT2D eigenvalue weighted by Crippen LogP contribution is -2.27. The first kappa shape index (κ1) is 25.4. The second kappa shape index (κ2) is 11.0. The molecule has 36 heavy (non-hydrogen) atoms. The molecule has 1 fully saturated rings. The summed E-state index contributed by atoms with van der Waals surface area (Å²) in [6.07, 6.45) is 3.49. The molecule has 1 aromatic heterocycles. The summed E-state index contributed by atoms with van der Waals surface area (Å²) in [4.78, 5) is 39.0. The van der Waals surface area contributed by atoms with Crippen molar-refractivity contribution in [2.75, 3.05) is 6.61 Å². The predicted octanol–water partition coefficient (Wildman–Crippen LogP) is 6.43. The van der Waals surface area contributed by atoms with Gasteiger partial charge in [-0.1, -0.05) is 31.5 Å². The van der Waals surface area contributed by atoms with Gasteiger partial charge in [-0.05, 0) is 80.1 Å². The van der Waals surface area contributed by atoms with Gasteiger partial charge in [-0.15, -0.1) is 0 Å². The van der Waals surface area contributed by atoms with Crippen LogP contribution in [0.5, 0.6) is 0 Å². The molecule has 8 heteroatoms. The van der Waals surface area contributed by atoms with Gasteiger partial charge in [0.05, 0.1) is 23.6 Å². The maximum absolute atomic E-state index is 14.0. The second-order valence-electron chi connectivity index (χ2n) is 8.56. The smallest absolute Gasteiger partial charge is 0.338 e. The van der Waals surface area contributed by atoms with Gasteiger partial charge >= 0.3 is 5.97 Å². The van der Waals surface area contributed by atoms with E-state index >= 15 is 0 Å². The van der Waals surface area contributed by atoms with E-state index in [0.29, 0.717) is 17.1 Å². The molecule has 4 rings (SSSR count). The highest BCUT2D eigenvalue weighted by molar-refractivity contribution is 8.18. The van der Waals surface area contributed by atoms with E-state index in [0.717, 1.165) is 52.1 Å². The Bertz CT molecular complexity index is 1340. The standard InChI is InChI=1S/C28H27FN2O4S/c1-4-5-14-35-27(33)20-10-12-23(13-11-20)31-18(2)15-22(19(31)3)16-25-26(32)30(28(34)36-25)17-21-8-6-7-9-24(21)29/h6-13,15-16H,4-5,14,17H2,1-3H3/b25-16-. The Morgan fingerprint density at radius 3 is 2.50 bits per heavy atom. The van der Waals surface area contributed by atoms with Gasteiger partial charge in [0.15, 0.2) is 0 Å². The van der Waals surface area contributed by atoms with E-state index in [1.165, 1.54) is 6.07 Å². The number of nitrogens with zero attached hydrogens (tertiary/aromatic N) is 2. The molecule has 1 saturated heterocycles. The number of esters is 1. The molecule has 0 bridgehead atoms. The lowest BCUT2D eigenvalue weighted by Gasteiger charge is -2.12.